The van der Waals surface area contributed by atoms with Crippen LogP contribution in [0.2, 0.25) is 0 Å². The molecule has 2 aromatic carbocycles. The van der Waals surface area contributed by atoms with Crippen LogP contribution in [-0.4, -0.2) is 15.9 Å². The number of halogens is 1. The summed E-state index contributed by atoms with van der Waals surface area (Å²) in [6.45, 7) is 2.85. The molecule has 0 atom stereocenters. The van der Waals surface area contributed by atoms with Gasteiger partial charge in [0.2, 0.25) is 0 Å². The molecule has 0 spiro atoms. The van der Waals surface area contributed by atoms with E-state index in [4.69, 9.17) is 9.52 Å². The zero-order chi connectivity index (χ0) is 19.4. The van der Waals surface area contributed by atoms with Crippen molar-refractivity contribution in [3.8, 4) is 11.3 Å². The number of nitrogens with zero attached hydrogens (tertiary/aromatic N) is 1. The molecule has 1 N–H and O–H groups in total. The van der Waals surface area contributed by atoms with Gasteiger partial charge in [-0.15, -0.1) is 29.8 Å². The Morgan fingerprint density at radius 1 is 1.14 bits per heavy atom. The molecular formula is C22H17FIrNO3-. The zero-order valence-electron chi connectivity index (χ0n) is 15.2. The smallest absolute Gasteiger partial charge is 0.155 e. The van der Waals surface area contributed by atoms with E-state index >= 15 is 0 Å². The Morgan fingerprint density at radius 2 is 1.89 bits per heavy atom. The molecule has 0 aliphatic carbocycles. The number of fused-ring (bicyclic) bond motifs is 3. The number of hydrogen-bond donors (Lipinski definition) is 1. The number of aliphatic hydroxyl groups excluding tert-OH is 1. The molecule has 0 amide bonds. The maximum absolute atomic E-state index is 13.0. The number of pyridine rings is 1. The van der Waals surface area contributed by atoms with Gasteiger partial charge in [0, 0.05) is 42.8 Å². The van der Waals surface area contributed by atoms with Gasteiger partial charge in [-0.1, -0.05) is 12.1 Å². The van der Waals surface area contributed by atoms with Crippen molar-refractivity contribution in [3.05, 3.63) is 78.5 Å². The summed E-state index contributed by atoms with van der Waals surface area (Å²) in [6.07, 6.45) is 2.81. The Labute approximate surface area is 175 Å². The van der Waals surface area contributed by atoms with Crippen LogP contribution in [0.5, 0.6) is 0 Å². The average Bonchev–Trinajstić information content (AvgIpc) is 3.11. The summed E-state index contributed by atoms with van der Waals surface area (Å²) in [5.41, 5.74) is 3.15. The van der Waals surface area contributed by atoms with Crippen molar-refractivity contribution in [3.63, 3.8) is 0 Å². The Balaban J connectivity index is 0.000000306. The normalized spacial score (nSPS) is 10.9. The third kappa shape index (κ3) is 4.91. The molecule has 0 fully saturated rings. The third-order valence-electron chi connectivity index (χ3n) is 3.74. The molecule has 2 heterocycles. The SMILES string of the molecule is CC(=O)/C=C(/C)O.Fc1c[c-]c(-c2nc3ccccc3c3occc23)cc1.[Ir]. The van der Waals surface area contributed by atoms with Gasteiger partial charge in [0.15, 0.2) is 5.78 Å². The van der Waals surface area contributed by atoms with Crippen molar-refractivity contribution in [2.24, 2.45) is 0 Å². The molecular weight excluding hydrogens is 537 g/mol. The van der Waals surface area contributed by atoms with Gasteiger partial charge < -0.3 is 9.52 Å². The van der Waals surface area contributed by atoms with Crippen LogP contribution >= 0.6 is 0 Å². The molecule has 4 aromatic rings. The molecule has 0 aliphatic heterocycles. The maximum Gasteiger partial charge on any atom is 0.155 e. The zero-order valence-corrected chi connectivity index (χ0v) is 17.6. The van der Waals surface area contributed by atoms with E-state index in [2.05, 4.69) is 11.1 Å². The molecule has 28 heavy (non-hydrogen) atoms. The van der Waals surface area contributed by atoms with Gasteiger partial charge in [-0.25, -0.2) is 0 Å². The predicted molar refractivity (Wildman–Crippen MR) is 103 cm³/mol. The van der Waals surface area contributed by atoms with E-state index in [-0.39, 0.29) is 37.5 Å². The van der Waals surface area contributed by atoms with Crippen molar-refractivity contribution in [1.29, 1.82) is 0 Å². The van der Waals surface area contributed by atoms with Crippen LogP contribution in [0.15, 0.2) is 71.0 Å². The molecule has 6 heteroatoms. The number of aliphatic hydroxyl groups is 1. The molecule has 2 aromatic heterocycles. The molecule has 0 aliphatic rings. The summed E-state index contributed by atoms with van der Waals surface area (Å²) >= 11 is 0. The van der Waals surface area contributed by atoms with Crippen LogP contribution in [0.3, 0.4) is 0 Å². The van der Waals surface area contributed by atoms with Crippen molar-refractivity contribution >= 4 is 27.7 Å². The van der Waals surface area contributed by atoms with Crippen LogP contribution in [0.1, 0.15) is 13.8 Å². The van der Waals surface area contributed by atoms with E-state index in [0.717, 1.165) is 33.1 Å². The van der Waals surface area contributed by atoms with Crippen LogP contribution in [0.4, 0.5) is 4.39 Å². The van der Waals surface area contributed by atoms with Crippen molar-refractivity contribution in [1.82, 2.24) is 4.98 Å². The van der Waals surface area contributed by atoms with Crippen molar-refractivity contribution < 1.29 is 38.8 Å². The molecule has 1 radical (unpaired) electrons. The molecule has 0 saturated heterocycles. The number of carbonyl (C=O) groups excluding carboxylic acids is 1. The first-order valence-corrected chi connectivity index (χ1v) is 8.27. The minimum atomic E-state index is -0.307. The van der Waals surface area contributed by atoms with Gasteiger partial charge >= 0.3 is 0 Å². The van der Waals surface area contributed by atoms with Gasteiger partial charge in [0.1, 0.15) is 5.58 Å². The monoisotopic (exact) mass is 555 g/mol. The number of carbonyl (C=O) groups is 1. The molecule has 0 saturated carbocycles. The first-order valence-electron chi connectivity index (χ1n) is 8.27. The van der Waals surface area contributed by atoms with Gasteiger partial charge in [-0.2, -0.15) is 0 Å². The van der Waals surface area contributed by atoms with Gasteiger partial charge in [0.05, 0.1) is 17.5 Å². The predicted octanol–water partition coefficient (Wildman–Crippen LogP) is 5.62. The number of aromatic nitrogens is 1. The van der Waals surface area contributed by atoms with Crippen LogP contribution in [0.25, 0.3) is 33.1 Å². The summed E-state index contributed by atoms with van der Waals surface area (Å²) in [5.74, 6) is -0.370. The number of furan rings is 1. The minimum Gasteiger partial charge on any atom is -0.512 e. The summed E-state index contributed by atoms with van der Waals surface area (Å²) in [7, 11) is 0. The van der Waals surface area contributed by atoms with E-state index in [0.29, 0.717) is 0 Å². The second kappa shape index (κ2) is 9.40. The van der Waals surface area contributed by atoms with Crippen LogP contribution < -0.4 is 0 Å². The fourth-order valence-electron chi connectivity index (χ4n) is 2.70. The largest absolute Gasteiger partial charge is 0.512 e. The fraction of sp³-hybridized carbons (Fsp3) is 0.0909. The Hall–Kier alpha value is -2.82. The van der Waals surface area contributed by atoms with Crippen LogP contribution in [0, 0.1) is 11.9 Å². The Bertz CT molecular complexity index is 1130. The first kappa shape index (κ1) is 21.5. The Morgan fingerprint density at radius 3 is 2.50 bits per heavy atom. The number of rotatable bonds is 2. The summed E-state index contributed by atoms with van der Waals surface area (Å²) in [6, 6.07) is 17.0. The van der Waals surface area contributed by atoms with Gasteiger partial charge in [0.25, 0.3) is 0 Å². The standard InChI is InChI=1S/C17H9FNO.C5H8O2.Ir/c18-12-7-5-11(6-8-12)16-14-9-10-20-17(14)13-3-1-2-4-15(13)19-16;1-4(6)3-5(2)7;/h1-5,7-10H;3,6H,1-2H3;/q-1;;/b;4-3-;. The van der Waals surface area contributed by atoms with Crippen LogP contribution in [-0.2, 0) is 24.9 Å². The second-order valence-corrected chi connectivity index (χ2v) is 5.96. The van der Waals surface area contributed by atoms with E-state index < -0.39 is 0 Å². The molecule has 0 unspecified atom stereocenters. The average molecular weight is 555 g/mol. The second-order valence-electron chi connectivity index (χ2n) is 5.96. The summed E-state index contributed by atoms with van der Waals surface area (Å²) in [5, 5.41) is 10.2. The number of allylic oxidation sites excluding steroid dienone is 2. The molecule has 4 nitrogen and oxygen atoms in total. The maximum atomic E-state index is 13.0. The fourth-order valence-corrected chi connectivity index (χ4v) is 2.70. The van der Waals surface area contributed by atoms with E-state index in [9.17, 15) is 9.18 Å². The topological polar surface area (TPSA) is 63.3 Å². The summed E-state index contributed by atoms with van der Waals surface area (Å²) < 4.78 is 18.6. The third-order valence-corrected chi connectivity index (χ3v) is 3.74. The quantitative estimate of drug-likeness (QED) is 0.199. The first-order chi connectivity index (χ1) is 13.0. The van der Waals surface area contributed by atoms with Gasteiger partial charge in [-0.05, 0) is 37.7 Å². The van der Waals surface area contributed by atoms with Gasteiger partial charge in [-0.3, -0.25) is 14.2 Å². The number of para-hydroxylation sites is 1. The van der Waals surface area contributed by atoms with E-state index in [1.54, 1.807) is 12.3 Å². The minimum absolute atomic E-state index is 0. The Kier molecular flexibility index (Phi) is 7.21. The van der Waals surface area contributed by atoms with E-state index in [1.807, 2.05) is 30.3 Å². The number of hydrogen-bond acceptors (Lipinski definition) is 4. The van der Waals surface area contributed by atoms with Crippen molar-refractivity contribution in [2.75, 3.05) is 0 Å². The summed E-state index contributed by atoms with van der Waals surface area (Å²) in [4.78, 5) is 14.7. The van der Waals surface area contributed by atoms with Crippen molar-refractivity contribution in [2.45, 2.75) is 13.8 Å². The number of ketones is 1. The molecule has 0 bridgehead atoms. The number of benzene rings is 2. The van der Waals surface area contributed by atoms with E-state index in [1.165, 1.54) is 32.1 Å². The molecule has 145 valence electrons. The molecule has 4 rings (SSSR count).